The summed E-state index contributed by atoms with van der Waals surface area (Å²) in [4.78, 5) is 10.2. The number of likely N-dealkylation sites (N-methyl/N-ethyl adjacent to an activating group) is 1. The summed E-state index contributed by atoms with van der Waals surface area (Å²) in [5.41, 5.74) is 0. The average Bonchev–Trinajstić information content (AvgIpc) is 2.39. The molecule has 21 heavy (non-hydrogen) atoms. The van der Waals surface area contributed by atoms with Gasteiger partial charge in [0, 0.05) is 14.2 Å². The number of benzene rings is 1. The normalized spacial score (nSPS) is 11.6. The predicted octanol–water partition coefficient (Wildman–Crippen LogP) is 0.556. The van der Waals surface area contributed by atoms with E-state index in [0.29, 0.717) is 4.31 Å². The van der Waals surface area contributed by atoms with Gasteiger partial charge in [-0.3, -0.25) is 4.79 Å². The van der Waals surface area contributed by atoms with E-state index in [-0.39, 0.29) is 19.0 Å². The van der Waals surface area contributed by atoms with E-state index >= 15 is 0 Å². The van der Waals surface area contributed by atoms with Gasteiger partial charge in [-0.25, -0.2) is 12.8 Å². The molecular weight excluding hydrogens is 305 g/mol. The summed E-state index contributed by atoms with van der Waals surface area (Å²) in [6.07, 6.45) is 0. The number of aliphatic carboxylic acids is 1. The summed E-state index contributed by atoms with van der Waals surface area (Å²) >= 11 is 0. The summed E-state index contributed by atoms with van der Waals surface area (Å²) in [6.45, 7) is -0.439. The molecule has 1 rings (SSSR count). The first-order valence-electron chi connectivity index (χ1n) is 5.88. The summed E-state index contributed by atoms with van der Waals surface area (Å²) in [5, 5.41) is 8.66. The number of carboxylic acid groups (broad SMARTS) is 1. The maximum atomic E-state index is 13.3. The summed E-state index contributed by atoms with van der Waals surface area (Å²) in [5.74, 6) is -2.15. The molecule has 0 heterocycles. The molecule has 0 bridgehead atoms. The van der Waals surface area contributed by atoms with Crippen LogP contribution in [-0.2, 0) is 19.6 Å². The number of nitrogens with zero attached hydrogens (tertiary/aromatic N) is 1. The van der Waals surface area contributed by atoms with Crippen molar-refractivity contribution in [3.05, 3.63) is 24.0 Å². The van der Waals surface area contributed by atoms with E-state index in [1.807, 2.05) is 0 Å². The highest BCUT2D eigenvalue weighted by molar-refractivity contribution is 7.89. The van der Waals surface area contributed by atoms with Crippen LogP contribution in [0.2, 0.25) is 0 Å². The van der Waals surface area contributed by atoms with Crippen molar-refractivity contribution in [3.8, 4) is 5.75 Å². The van der Waals surface area contributed by atoms with Gasteiger partial charge in [0.1, 0.15) is 29.6 Å². The molecule has 0 saturated heterocycles. The molecule has 0 amide bonds. The van der Waals surface area contributed by atoms with Crippen molar-refractivity contribution >= 4 is 16.0 Å². The fourth-order valence-electron chi connectivity index (χ4n) is 1.48. The van der Waals surface area contributed by atoms with Crippen LogP contribution < -0.4 is 4.74 Å². The van der Waals surface area contributed by atoms with Crippen LogP contribution in [0.3, 0.4) is 0 Å². The van der Waals surface area contributed by atoms with Crippen LogP contribution in [0, 0.1) is 5.82 Å². The molecule has 0 fully saturated rings. The van der Waals surface area contributed by atoms with Crippen LogP contribution in [0.4, 0.5) is 4.39 Å². The van der Waals surface area contributed by atoms with E-state index in [4.69, 9.17) is 14.6 Å². The number of ether oxygens (including phenoxy) is 2. The highest BCUT2D eigenvalue weighted by Crippen LogP contribution is 2.27. The predicted molar refractivity (Wildman–Crippen MR) is 71.2 cm³/mol. The van der Waals surface area contributed by atoms with Gasteiger partial charge in [-0.1, -0.05) is 0 Å². The Balaban J connectivity index is 3.14. The van der Waals surface area contributed by atoms with Crippen LogP contribution in [0.15, 0.2) is 23.1 Å². The van der Waals surface area contributed by atoms with Crippen molar-refractivity contribution in [2.24, 2.45) is 0 Å². The van der Waals surface area contributed by atoms with Crippen LogP contribution in [0.1, 0.15) is 0 Å². The molecule has 0 aliphatic rings. The fourth-order valence-corrected chi connectivity index (χ4v) is 2.74. The largest absolute Gasteiger partial charge is 0.490 e. The minimum Gasteiger partial charge on any atom is -0.490 e. The Morgan fingerprint density at radius 2 is 2.05 bits per heavy atom. The van der Waals surface area contributed by atoms with Crippen molar-refractivity contribution in [1.29, 1.82) is 0 Å². The van der Waals surface area contributed by atoms with Gasteiger partial charge < -0.3 is 14.6 Å². The molecular formula is C12H16FNO6S. The van der Waals surface area contributed by atoms with E-state index in [1.165, 1.54) is 13.2 Å². The molecule has 0 aliphatic heterocycles. The van der Waals surface area contributed by atoms with Crippen LogP contribution in [0.5, 0.6) is 5.75 Å². The molecule has 0 spiro atoms. The maximum absolute atomic E-state index is 13.3. The van der Waals surface area contributed by atoms with Gasteiger partial charge in [0.05, 0.1) is 6.61 Å². The quantitative estimate of drug-likeness (QED) is 0.703. The Morgan fingerprint density at radius 1 is 1.38 bits per heavy atom. The Morgan fingerprint density at radius 3 is 2.62 bits per heavy atom. The lowest BCUT2D eigenvalue weighted by atomic mass is 10.3. The molecule has 0 aromatic heterocycles. The number of sulfonamides is 1. The lowest BCUT2D eigenvalue weighted by Crippen LogP contribution is -2.32. The second kappa shape index (κ2) is 7.34. The molecule has 0 radical (unpaired) electrons. The Labute approximate surface area is 121 Å². The third-order valence-corrected chi connectivity index (χ3v) is 4.32. The average molecular weight is 321 g/mol. The van der Waals surface area contributed by atoms with Crippen LogP contribution in [0.25, 0.3) is 0 Å². The maximum Gasteiger partial charge on any atom is 0.318 e. The van der Waals surface area contributed by atoms with Gasteiger partial charge in [-0.15, -0.1) is 0 Å². The van der Waals surface area contributed by atoms with E-state index < -0.39 is 33.3 Å². The van der Waals surface area contributed by atoms with Crippen LogP contribution in [-0.4, -0.2) is 57.7 Å². The van der Waals surface area contributed by atoms with Gasteiger partial charge in [0.2, 0.25) is 10.0 Å². The number of carbonyl (C=O) groups is 1. The molecule has 1 aromatic rings. The number of rotatable bonds is 8. The molecule has 0 aliphatic carbocycles. The summed E-state index contributed by atoms with van der Waals surface area (Å²) < 4.78 is 48.4. The second-order valence-corrected chi connectivity index (χ2v) is 6.10. The van der Waals surface area contributed by atoms with Gasteiger partial charge in [0.25, 0.3) is 0 Å². The number of hydrogen-bond donors (Lipinski definition) is 1. The number of carboxylic acids is 1. The SMILES string of the molecule is COCCOc1ccc(F)cc1S(=O)(=O)N(C)CC(=O)O. The minimum atomic E-state index is -4.18. The number of halogens is 1. The Bertz CT molecular complexity index is 604. The van der Waals surface area contributed by atoms with Gasteiger partial charge in [-0.05, 0) is 18.2 Å². The Kier molecular flexibility index (Phi) is 6.06. The number of methoxy groups -OCH3 is 1. The van der Waals surface area contributed by atoms with Crippen molar-refractivity contribution in [2.45, 2.75) is 4.90 Å². The van der Waals surface area contributed by atoms with Crippen molar-refractivity contribution in [1.82, 2.24) is 4.31 Å². The third-order valence-electron chi connectivity index (χ3n) is 2.50. The molecule has 118 valence electrons. The van der Waals surface area contributed by atoms with Gasteiger partial charge in [-0.2, -0.15) is 4.31 Å². The Hall–Kier alpha value is -1.71. The van der Waals surface area contributed by atoms with Crippen LogP contribution >= 0.6 is 0 Å². The van der Waals surface area contributed by atoms with E-state index in [9.17, 15) is 17.6 Å². The number of hydrogen-bond acceptors (Lipinski definition) is 5. The minimum absolute atomic E-state index is 0.0642. The molecule has 0 unspecified atom stereocenters. The first-order valence-corrected chi connectivity index (χ1v) is 7.32. The van der Waals surface area contributed by atoms with Crippen molar-refractivity contribution in [2.75, 3.05) is 33.9 Å². The molecule has 0 saturated carbocycles. The van der Waals surface area contributed by atoms with Crippen molar-refractivity contribution in [3.63, 3.8) is 0 Å². The first kappa shape index (κ1) is 17.3. The highest BCUT2D eigenvalue weighted by Gasteiger charge is 2.27. The fraction of sp³-hybridized carbons (Fsp3) is 0.417. The molecule has 1 aromatic carbocycles. The summed E-state index contributed by atoms with van der Waals surface area (Å²) in [6, 6.07) is 3.01. The van der Waals surface area contributed by atoms with Gasteiger partial charge >= 0.3 is 5.97 Å². The lowest BCUT2D eigenvalue weighted by Gasteiger charge is -2.17. The summed E-state index contributed by atoms with van der Waals surface area (Å²) in [7, 11) is -1.64. The second-order valence-electron chi connectivity index (χ2n) is 4.09. The topological polar surface area (TPSA) is 93.1 Å². The van der Waals surface area contributed by atoms with E-state index in [1.54, 1.807) is 0 Å². The monoisotopic (exact) mass is 321 g/mol. The zero-order valence-corrected chi connectivity index (χ0v) is 12.4. The van der Waals surface area contributed by atoms with Crippen molar-refractivity contribution < 1.29 is 32.2 Å². The highest BCUT2D eigenvalue weighted by atomic mass is 32.2. The zero-order valence-electron chi connectivity index (χ0n) is 11.6. The molecule has 0 atom stereocenters. The van der Waals surface area contributed by atoms with E-state index in [0.717, 1.165) is 19.2 Å². The van der Waals surface area contributed by atoms with E-state index in [2.05, 4.69) is 0 Å². The van der Waals surface area contributed by atoms with Gasteiger partial charge in [0.15, 0.2) is 0 Å². The molecule has 1 N–H and O–H groups in total. The molecule has 9 heteroatoms. The zero-order chi connectivity index (χ0) is 16.0. The smallest absolute Gasteiger partial charge is 0.318 e. The first-order chi connectivity index (χ1) is 9.78. The molecule has 7 nitrogen and oxygen atoms in total. The lowest BCUT2D eigenvalue weighted by molar-refractivity contribution is -0.137. The third kappa shape index (κ3) is 4.66. The standard InChI is InChI=1S/C12H16FNO6S/c1-14(8-12(15)16)21(17,18)11-7-9(13)3-4-10(11)20-6-5-19-2/h3-4,7H,5-6,8H2,1-2H3,(H,15,16).